The van der Waals surface area contributed by atoms with Crippen molar-refractivity contribution >= 4 is 0 Å². The summed E-state index contributed by atoms with van der Waals surface area (Å²) in [7, 11) is 2.06. The maximum Gasteiger partial charge on any atom is 0.141 e. The summed E-state index contributed by atoms with van der Waals surface area (Å²) < 4.78 is 6.35. The van der Waals surface area contributed by atoms with Crippen LogP contribution in [0.1, 0.15) is 51.4 Å². The molecule has 1 heterocycles. The fraction of sp³-hybridized carbons (Fsp3) is 0.706. The zero-order chi connectivity index (χ0) is 14.8. The molecule has 3 nitrogen and oxygen atoms in total. The molecule has 0 bridgehead atoms. The van der Waals surface area contributed by atoms with Crippen LogP contribution in [0.25, 0.3) is 0 Å². The number of aryl methyl sites for hydroxylation is 2. The average Bonchev–Trinajstić information content (AvgIpc) is 2.45. The Morgan fingerprint density at radius 3 is 2.55 bits per heavy atom. The van der Waals surface area contributed by atoms with E-state index in [0.29, 0.717) is 12.1 Å². The predicted molar refractivity (Wildman–Crippen MR) is 83.2 cm³/mol. The molecule has 1 aliphatic rings. The number of nitrogens with zero attached hydrogens (tertiary/aromatic N) is 1. The van der Waals surface area contributed by atoms with Gasteiger partial charge >= 0.3 is 0 Å². The second kappa shape index (κ2) is 6.13. The van der Waals surface area contributed by atoms with Crippen molar-refractivity contribution in [1.29, 1.82) is 0 Å². The van der Waals surface area contributed by atoms with Crippen molar-refractivity contribution in [2.45, 2.75) is 65.5 Å². The molecule has 0 aliphatic heterocycles. The molecule has 112 valence electrons. The quantitative estimate of drug-likeness (QED) is 0.863. The van der Waals surface area contributed by atoms with Gasteiger partial charge in [-0.15, -0.1) is 0 Å². The third kappa shape index (κ3) is 2.44. The summed E-state index contributed by atoms with van der Waals surface area (Å²) in [5, 5.41) is 3.45. The molecule has 20 heavy (non-hydrogen) atoms. The number of aromatic nitrogens is 1. The van der Waals surface area contributed by atoms with Gasteiger partial charge in [0.05, 0.1) is 5.69 Å². The Kier molecular flexibility index (Phi) is 4.69. The largest absolute Gasteiger partial charge is 0.488 e. The minimum Gasteiger partial charge on any atom is -0.488 e. The molecule has 1 saturated carbocycles. The van der Waals surface area contributed by atoms with Crippen LogP contribution in [0.15, 0.2) is 12.1 Å². The third-order valence-corrected chi connectivity index (χ3v) is 5.13. The van der Waals surface area contributed by atoms with Crippen LogP contribution in [-0.4, -0.2) is 24.2 Å². The fourth-order valence-corrected chi connectivity index (χ4v) is 3.63. The van der Waals surface area contributed by atoms with Crippen LogP contribution in [-0.2, 0) is 6.42 Å². The molecule has 0 aromatic carbocycles. The van der Waals surface area contributed by atoms with Crippen molar-refractivity contribution in [3.63, 3.8) is 0 Å². The third-order valence-electron chi connectivity index (χ3n) is 5.13. The van der Waals surface area contributed by atoms with E-state index in [1.54, 1.807) is 0 Å². The van der Waals surface area contributed by atoms with E-state index in [2.05, 4.69) is 44.2 Å². The maximum atomic E-state index is 6.35. The molecule has 0 radical (unpaired) electrons. The minimum atomic E-state index is 0.268. The molecule has 1 fully saturated rings. The first-order chi connectivity index (χ1) is 9.61. The number of ether oxygens (including phenoxy) is 1. The lowest BCUT2D eigenvalue weighted by molar-refractivity contribution is -0.0841. The second-order valence-electron chi connectivity index (χ2n) is 5.87. The first kappa shape index (κ1) is 15.3. The van der Waals surface area contributed by atoms with Gasteiger partial charge in [0.1, 0.15) is 11.9 Å². The summed E-state index contributed by atoms with van der Waals surface area (Å²) in [6.45, 7) is 8.72. The highest BCUT2D eigenvalue weighted by atomic mass is 16.5. The van der Waals surface area contributed by atoms with E-state index in [-0.39, 0.29) is 5.41 Å². The average molecular weight is 276 g/mol. The fourth-order valence-electron chi connectivity index (χ4n) is 3.63. The highest BCUT2D eigenvalue weighted by molar-refractivity contribution is 5.30. The maximum absolute atomic E-state index is 6.35. The van der Waals surface area contributed by atoms with E-state index in [9.17, 15) is 0 Å². The Morgan fingerprint density at radius 1 is 1.30 bits per heavy atom. The summed E-state index contributed by atoms with van der Waals surface area (Å²) in [5.74, 6) is 0.976. The summed E-state index contributed by atoms with van der Waals surface area (Å²) >= 11 is 0. The van der Waals surface area contributed by atoms with Gasteiger partial charge in [0.2, 0.25) is 0 Å². The number of hydrogen-bond acceptors (Lipinski definition) is 3. The molecular formula is C17H28N2O. The lowest BCUT2D eigenvalue weighted by Crippen LogP contribution is -2.63. The van der Waals surface area contributed by atoms with Gasteiger partial charge in [-0.25, -0.2) is 0 Å². The van der Waals surface area contributed by atoms with Crippen molar-refractivity contribution in [3.8, 4) is 5.75 Å². The van der Waals surface area contributed by atoms with E-state index >= 15 is 0 Å². The first-order valence-electron chi connectivity index (χ1n) is 7.91. The van der Waals surface area contributed by atoms with Crippen molar-refractivity contribution in [1.82, 2.24) is 10.3 Å². The minimum absolute atomic E-state index is 0.268. The molecule has 1 N–H and O–H groups in total. The summed E-state index contributed by atoms with van der Waals surface area (Å²) in [6.07, 6.45) is 4.63. The predicted octanol–water partition coefficient (Wildman–Crippen LogP) is 3.50. The van der Waals surface area contributed by atoms with Gasteiger partial charge < -0.3 is 10.1 Å². The number of pyridine rings is 1. The summed E-state index contributed by atoms with van der Waals surface area (Å²) in [6, 6.07) is 4.71. The summed E-state index contributed by atoms with van der Waals surface area (Å²) in [4.78, 5) is 4.60. The Balaban J connectivity index is 2.18. The highest BCUT2D eigenvalue weighted by Gasteiger charge is 2.53. The van der Waals surface area contributed by atoms with Gasteiger partial charge in [0.25, 0.3) is 0 Å². The molecule has 1 aromatic heterocycles. The molecular weight excluding hydrogens is 248 g/mol. The molecule has 0 spiro atoms. The van der Waals surface area contributed by atoms with Crippen LogP contribution < -0.4 is 10.1 Å². The monoisotopic (exact) mass is 276 g/mol. The SMILES string of the molecule is CCc1nc(C)ccc1OC1CC(NC)C1(CC)CC. The zero-order valence-corrected chi connectivity index (χ0v) is 13.5. The van der Waals surface area contributed by atoms with Crippen LogP contribution in [0.5, 0.6) is 5.75 Å². The van der Waals surface area contributed by atoms with Gasteiger partial charge in [-0.2, -0.15) is 0 Å². The van der Waals surface area contributed by atoms with Crippen molar-refractivity contribution < 1.29 is 4.74 Å². The van der Waals surface area contributed by atoms with Crippen LogP contribution in [0.2, 0.25) is 0 Å². The van der Waals surface area contributed by atoms with Crippen molar-refractivity contribution in [2.75, 3.05) is 7.05 Å². The number of nitrogens with one attached hydrogen (secondary N) is 1. The number of rotatable bonds is 6. The van der Waals surface area contributed by atoms with Crippen LogP contribution in [0, 0.1) is 12.3 Å². The Morgan fingerprint density at radius 2 is 2.00 bits per heavy atom. The molecule has 2 unspecified atom stereocenters. The molecule has 1 aromatic rings. The molecule has 2 rings (SSSR count). The van der Waals surface area contributed by atoms with Crippen LogP contribution in [0.3, 0.4) is 0 Å². The van der Waals surface area contributed by atoms with Gasteiger partial charge in [0, 0.05) is 23.6 Å². The first-order valence-corrected chi connectivity index (χ1v) is 7.91. The van der Waals surface area contributed by atoms with E-state index in [1.165, 1.54) is 0 Å². The lowest BCUT2D eigenvalue weighted by atomic mass is 9.58. The second-order valence-corrected chi connectivity index (χ2v) is 5.87. The van der Waals surface area contributed by atoms with Crippen molar-refractivity contribution in [2.24, 2.45) is 5.41 Å². The normalized spacial score (nSPS) is 24.2. The lowest BCUT2D eigenvalue weighted by Gasteiger charge is -2.55. The molecule has 2 atom stereocenters. The van der Waals surface area contributed by atoms with Crippen molar-refractivity contribution in [3.05, 3.63) is 23.5 Å². The van der Waals surface area contributed by atoms with Gasteiger partial charge in [-0.3, -0.25) is 4.98 Å². The molecule has 0 saturated heterocycles. The Hall–Kier alpha value is -1.09. The molecule has 3 heteroatoms. The summed E-state index contributed by atoms with van der Waals surface area (Å²) in [5.41, 5.74) is 2.41. The van der Waals surface area contributed by atoms with Crippen LogP contribution >= 0.6 is 0 Å². The highest BCUT2D eigenvalue weighted by Crippen LogP contribution is 2.49. The Bertz CT molecular complexity index is 454. The van der Waals surface area contributed by atoms with Gasteiger partial charge in [0.15, 0.2) is 0 Å². The zero-order valence-electron chi connectivity index (χ0n) is 13.5. The van der Waals surface area contributed by atoms with E-state index in [1.807, 2.05) is 13.0 Å². The number of hydrogen-bond donors (Lipinski definition) is 1. The topological polar surface area (TPSA) is 34.1 Å². The van der Waals surface area contributed by atoms with Crippen LogP contribution in [0.4, 0.5) is 0 Å². The Labute approximate surface area is 123 Å². The molecule has 1 aliphatic carbocycles. The van der Waals surface area contributed by atoms with E-state index < -0.39 is 0 Å². The van der Waals surface area contributed by atoms with E-state index in [0.717, 1.165) is 42.8 Å². The van der Waals surface area contributed by atoms with E-state index in [4.69, 9.17) is 4.74 Å². The molecule has 0 amide bonds. The smallest absolute Gasteiger partial charge is 0.141 e. The van der Waals surface area contributed by atoms with Gasteiger partial charge in [-0.05, 0) is 45.4 Å². The standard InChI is InChI=1S/C17H28N2O/c1-6-13-14(10-9-12(4)19-13)20-16-11-15(18-5)17(16,7-2)8-3/h9-10,15-16,18H,6-8,11H2,1-5H3. The van der Waals surface area contributed by atoms with Gasteiger partial charge in [-0.1, -0.05) is 20.8 Å².